The van der Waals surface area contributed by atoms with Crippen LogP contribution in [0.5, 0.6) is 0 Å². The van der Waals surface area contributed by atoms with Crippen molar-refractivity contribution in [3.8, 4) is 0 Å². The summed E-state index contributed by atoms with van der Waals surface area (Å²) in [5, 5.41) is 3.03. The van der Waals surface area contributed by atoms with E-state index in [-0.39, 0.29) is 17.0 Å². The van der Waals surface area contributed by atoms with Gasteiger partial charge in [-0.05, 0) is 12.3 Å². The minimum Gasteiger partial charge on any atom is -0.327 e. The molecule has 110 valence electrons. The molecule has 6 heteroatoms. The smallest absolute Gasteiger partial charge is 0.155 e. The molecule has 0 saturated heterocycles. The second kappa shape index (κ2) is 4.72. The predicted octanol–water partition coefficient (Wildman–Crippen LogP) is 1.94. The Kier molecular flexibility index (Phi) is 3.11. The average Bonchev–Trinajstić information content (AvgIpc) is 2.36. The number of hydrogen-bond donors (Lipinski definition) is 1. The molecule has 0 bridgehead atoms. The quantitative estimate of drug-likeness (QED) is 0.797. The number of rotatable bonds is 1. The molecule has 1 aliphatic heterocycles. The van der Waals surface area contributed by atoms with Crippen LogP contribution in [-0.2, 0) is 9.59 Å². The summed E-state index contributed by atoms with van der Waals surface area (Å²) in [6.07, 6.45) is 3.94. The number of aliphatic imine (C=N–C) groups is 1. The fraction of sp³-hybridized carbons (Fsp3) is 0.533. The van der Waals surface area contributed by atoms with E-state index in [0.717, 1.165) is 0 Å². The van der Waals surface area contributed by atoms with E-state index in [4.69, 9.17) is 0 Å². The molecule has 0 aromatic carbocycles. The number of aromatic nitrogens is 2. The van der Waals surface area contributed by atoms with Gasteiger partial charge in [-0.2, -0.15) is 0 Å². The van der Waals surface area contributed by atoms with Crippen molar-refractivity contribution in [1.82, 2.24) is 9.97 Å². The van der Waals surface area contributed by atoms with Crippen LogP contribution >= 0.6 is 0 Å². The van der Waals surface area contributed by atoms with Crippen LogP contribution in [0.3, 0.4) is 0 Å². The highest BCUT2D eigenvalue weighted by Crippen LogP contribution is 2.41. The van der Waals surface area contributed by atoms with E-state index in [1.165, 1.54) is 0 Å². The maximum absolute atomic E-state index is 12.5. The number of fused-ring (bicyclic) bond motifs is 1. The normalized spacial score (nSPS) is 25.1. The SMILES string of the molecule is CC1=NC(C2C(=O)CC(C)(C)CC2=O)c2nccnc2N1. The lowest BCUT2D eigenvalue weighted by molar-refractivity contribution is -0.140. The number of amidine groups is 1. The summed E-state index contributed by atoms with van der Waals surface area (Å²) in [4.78, 5) is 37.9. The molecule has 2 aliphatic rings. The van der Waals surface area contributed by atoms with Crippen molar-refractivity contribution >= 4 is 23.2 Å². The van der Waals surface area contributed by atoms with Crippen molar-refractivity contribution in [2.24, 2.45) is 16.3 Å². The number of Topliss-reactive ketones (excluding diaryl/α,β-unsaturated/α-hetero) is 2. The lowest BCUT2D eigenvalue weighted by Crippen LogP contribution is -2.41. The lowest BCUT2D eigenvalue weighted by atomic mass is 9.69. The third-order valence-corrected chi connectivity index (χ3v) is 3.95. The van der Waals surface area contributed by atoms with Crippen LogP contribution in [0.15, 0.2) is 17.4 Å². The first-order valence-electron chi connectivity index (χ1n) is 7.05. The van der Waals surface area contributed by atoms with Crippen molar-refractivity contribution in [3.05, 3.63) is 18.1 Å². The molecule has 1 aromatic heterocycles. The number of ketones is 2. The van der Waals surface area contributed by atoms with Gasteiger partial charge in [0.15, 0.2) is 5.82 Å². The zero-order valence-corrected chi connectivity index (χ0v) is 12.4. The molecule has 1 aromatic rings. The Morgan fingerprint density at radius 1 is 1.14 bits per heavy atom. The van der Waals surface area contributed by atoms with Gasteiger partial charge in [-0.15, -0.1) is 0 Å². The highest BCUT2D eigenvalue weighted by molar-refractivity contribution is 6.07. The second-order valence-electron chi connectivity index (χ2n) is 6.50. The molecule has 1 atom stereocenters. The van der Waals surface area contributed by atoms with E-state index >= 15 is 0 Å². The van der Waals surface area contributed by atoms with E-state index in [1.54, 1.807) is 19.3 Å². The fourth-order valence-electron chi connectivity index (χ4n) is 3.12. The maximum atomic E-state index is 12.5. The number of anilines is 1. The lowest BCUT2D eigenvalue weighted by Gasteiger charge is -2.35. The van der Waals surface area contributed by atoms with Crippen LogP contribution in [0.4, 0.5) is 5.82 Å². The topological polar surface area (TPSA) is 84.3 Å². The second-order valence-corrected chi connectivity index (χ2v) is 6.50. The van der Waals surface area contributed by atoms with Crippen molar-refractivity contribution in [3.63, 3.8) is 0 Å². The Labute approximate surface area is 123 Å². The van der Waals surface area contributed by atoms with Gasteiger partial charge in [-0.25, -0.2) is 4.98 Å². The first-order valence-corrected chi connectivity index (χ1v) is 7.05. The van der Waals surface area contributed by atoms with Gasteiger partial charge < -0.3 is 5.32 Å². The third kappa shape index (κ3) is 2.46. The third-order valence-electron chi connectivity index (χ3n) is 3.95. The van der Waals surface area contributed by atoms with E-state index < -0.39 is 12.0 Å². The highest BCUT2D eigenvalue weighted by Gasteiger charge is 2.45. The Bertz CT molecular complexity index is 631. The Hall–Kier alpha value is -2.11. The Balaban J connectivity index is 2.01. The predicted molar refractivity (Wildman–Crippen MR) is 78.0 cm³/mol. The highest BCUT2D eigenvalue weighted by atomic mass is 16.2. The summed E-state index contributed by atoms with van der Waals surface area (Å²) in [6.45, 7) is 5.69. The molecule has 1 unspecified atom stereocenters. The molecule has 1 fully saturated rings. The van der Waals surface area contributed by atoms with E-state index in [0.29, 0.717) is 30.2 Å². The first-order chi connectivity index (χ1) is 9.87. The van der Waals surface area contributed by atoms with Crippen molar-refractivity contribution in [2.45, 2.75) is 39.7 Å². The summed E-state index contributed by atoms with van der Waals surface area (Å²) in [7, 11) is 0. The number of hydrogen-bond acceptors (Lipinski definition) is 6. The average molecular weight is 286 g/mol. The van der Waals surface area contributed by atoms with Crippen LogP contribution < -0.4 is 5.32 Å². The van der Waals surface area contributed by atoms with E-state index in [2.05, 4.69) is 20.3 Å². The van der Waals surface area contributed by atoms with Crippen molar-refractivity contribution in [1.29, 1.82) is 0 Å². The Morgan fingerprint density at radius 3 is 2.43 bits per heavy atom. The summed E-state index contributed by atoms with van der Waals surface area (Å²) in [6, 6.07) is -0.550. The fourth-order valence-corrected chi connectivity index (χ4v) is 3.12. The van der Waals surface area contributed by atoms with Gasteiger partial charge in [0.2, 0.25) is 0 Å². The molecule has 0 radical (unpaired) electrons. The number of carbonyl (C=O) groups is 2. The minimum atomic E-state index is -0.731. The van der Waals surface area contributed by atoms with Crippen LogP contribution in [0.1, 0.15) is 45.3 Å². The van der Waals surface area contributed by atoms with Crippen LogP contribution in [0.2, 0.25) is 0 Å². The van der Waals surface area contributed by atoms with E-state index in [1.807, 2.05) is 13.8 Å². The summed E-state index contributed by atoms with van der Waals surface area (Å²) >= 11 is 0. The Morgan fingerprint density at radius 2 is 1.76 bits per heavy atom. The van der Waals surface area contributed by atoms with Gasteiger partial charge >= 0.3 is 0 Å². The first kappa shape index (κ1) is 13.9. The molecular formula is C15H18N4O2. The van der Waals surface area contributed by atoms with Gasteiger partial charge in [-0.1, -0.05) is 13.8 Å². The van der Waals surface area contributed by atoms with Crippen LogP contribution in [-0.4, -0.2) is 27.4 Å². The van der Waals surface area contributed by atoms with Gasteiger partial charge in [0.1, 0.15) is 29.2 Å². The van der Waals surface area contributed by atoms with Gasteiger partial charge in [0, 0.05) is 25.2 Å². The molecule has 21 heavy (non-hydrogen) atoms. The number of carbonyl (C=O) groups excluding carboxylic acids is 2. The largest absolute Gasteiger partial charge is 0.327 e. The van der Waals surface area contributed by atoms with Crippen LogP contribution in [0.25, 0.3) is 0 Å². The summed E-state index contributed by atoms with van der Waals surface area (Å²) < 4.78 is 0. The molecule has 1 N–H and O–H groups in total. The monoisotopic (exact) mass is 286 g/mol. The van der Waals surface area contributed by atoms with Crippen molar-refractivity contribution < 1.29 is 9.59 Å². The van der Waals surface area contributed by atoms with Gasteiger partial charge in [0.05, 0.1) is 5.84 Å². The molecule has 3 rings (SSSR count). The zero-order valence-electron chi connectivity index (χ0n) is 12.4. The molecular weight excluding hydrogens is 268 g/mol. The maximum Gasteiger partial charge on any atom is 0.155 e. The molecule has 0 spiro atoms. The summed E-state index contributed by atoms with van der Waals surface area (Å²) in [5.74, 6) is 0.414. The minimum absolute atomic E-state index is 0.0451. The van der Waals surface area contributed by atoms with Gasteiger partial charge in [0.25, 0.3) is 0 Å². The molecule has 6 nitrogen and oxygen atoms in total. The van der Waals surface area contributed by atoms with Crippen LogP contribution in [0, 0.1) is 11.3 Å². The van der Waals surface area contributed by atoms with Crippen molar-refractivity contribution in [2.75, 3.05) is 5.32 Å². The summed E-state index contributed by atoms with van der Waals surface area (Å²) in [5.41, 5.74) is 0.316. The number of nitrogens with zero attached hydrogens (tertiary/aromatic N) is 3. The molecule has 2 heterocycles. The molecule has 0 amide bonds. The molecule has 1 aliphatic carbocycles. The molecule has 1 saturated carbocycles. The van der Waals surface area contributed by atoms with Gasteiger partial charge in [-0.3, -0.25) is 19.6 Å². The number of nitrogens with one attached hydrogen (secondary N) is 1. The zero-order chi connectivity index (χ0) is 15.2. The van der Waals surface area contributed by atoms with E-state index in [9.17, 15) is 9.59 Å². The standard InChI is InChI=1S/C15H18N4O2/c1-8-18-12(13-14(19-8)17-5-4-16-13)11-9(20)6-15(2,3)7-10(11)21/h4-5,11-12H,6-7H2,1-3H3,(H,17,18,19).